The molecule has 0 heterocycles. The Balaban J connectivity index is 2.40. The molecule has 0 amide bonds. The first-order valence-electron chi connectivity index (χ1n) is 5.95. The average molecular weight is 235 g/mol. The molecule has 0 saturated heterocycles. The largest absolute Gasteiger partial charge is 0.395 e. The quantitative estimate of drug-likeness (QED) is 0.673. The van der Waals surface area contributed by atoms with Gasteiger partial charge in [0.2, 0.25) is 0 Å². The van der Waals surface area contributed by atoms with Crippen molar-refractivity contribution in [2.24, 2.45) is 0 Å². The summed E-state index contributed by atoms with van der Waals surface area (Å²) in [5.74, 6) is 0. The number of aliphatic hydroxyl groups excluding tert-OH is 2. The van der Waals surface area contributed by atoms with E-state index in [0.717, 1.165) is 18.7 Å². The molecule has 3 nitrogen and oxygen atoms in total. The zero-order valence-corrected chi connectivity index (χ0v) is 10.1. The van der Waals surface area contributed by atoms with Gasteiger partial charge < -0.3 is 10.2 Å². The summed E-state index contributed by atoms with van der Waals surface area (Å²) in [4.78, 5) is 2.07. The van der Waals surface area contributed by atoms with E-state index in [1.54, 1.807) is 0 Å². The Kier molecular flexibility index (Phi) is 6.55. The summed E-state index contributed by atoms with van der Waals surface area (Å²) in [5, 5.41) is 18.9. The molecule has 17 heavy (non-hydrogen) atoms. The molecular weight excluding hydrogens is 214 g/mol. The van der Waals surface area contributed by atoms with E-state index in [9.17, 15) is 5.11 Å². The Hall–Kier alpha value is -1.16. The summed E-state index contributed by atoms with van der Waals surface area (Å²) >= 11 is 0. The maximum atomic E-state index is 9.99. The van der Waals surface area contributed by atoms with Crippen molar-refractivity contribution in [3.05, 3.63) is 48.6 Å². The van der Waals surface area contributed by atoms with E-state index in [4.69, 9.17) is 5.11 Å². The Bertz CT molecular complexity index is 313. The van der Waals surface area contributed by atoms with Gasteiger partial charge in [0.15, 0.2) is 0 Å². The lowest BCUT2D eigenvalue weighted by Gasteiger charge is -2.21. The van der Waals surface area contributed by atoms with Crippen LogP contribution in [0.3, 0.4) is 0 Å². The Morgan fingerprint density at radius 2 is 1.94 bits per heavy atom. The van der Waals surface area contributed by atoms with Crippen LogP contribution in [0.2, 0.25) is 0 Å². The van der Waals surface area contributed by atoms with Crippen molar-refractivity contribution in [3.8, 4) is 0 Å². The van der Waals surface area contributed by atoms with Gasteiger partial charge in [-0.3, -0.25) is 4.90 Å². The molecule has 1 atom stereocenters. The molecule has 0 aliphatic heterocycles. The van der Waals surface area contributed by atoms with Gasteiger partial charge in [-0.15, -0.1) is 6.58 Å². The molecule has 1 rings (SSSR count). The molecule has 94 valence electrons. The highest BCUT2D eigenvalue weighted by Crippen LogP contribution is 2.16. The van der Waals surface area contributed by atoms with E-state index in [1.807, 2.05) is 36.4 Å². The molecule has 0 bridgehead atoms. The van der Waals surface area contributed by atoms with Crippen molar-refractivity contribution >= 4 is 0 Å². The molecule has 0 spiro atoms. The molecule has 0 unspecified atom stereocenters. The summed E-state index contributed by atoms with van der Waals surface area (Å²) in [6.07, 6.45) is 2.03. The number of aliphatic hydroxyl groups is 2. The summed E-state index contributed by atoms with van der Waals surface area (Å²) in [6.45, 7) is 5.93. The van der Waals surface area contributed by atoms with Gasteiger partial charge >= 0.3 is 0 Å². The third-order valence-corrected chi connectivity index (χ3v) is 2.71. The van der Waals surface area contributed by atoms with Crippen LogP contribution < -0.4 is 0 Å². The molecule has 0 aliphatic carbocycles. The second-order valence-electron chi connectivity index (χ2n) is 4.03. The lowest BCUT2D eigenvalue weighted by molar-refractivity contribution is 0.136. The predicted octanol–water partition coefficient (Wildman–Crippen LogP) is 1.59. The Morgan fingerprint density at radius 1 is 1.24 bits per heavy atom. The third-order valence-electron chi connectivity index (χ3n) is 2.71. The Morgan fingerprint density at radius 3 is 2.53 bits per heavy atom. The van der Waals surface area contributed by atoms with Crippen molar-refractivity contribution < 1.29 is 10.2 Å². The van der Waals surface area contributed by atoms with Gasteiger partial charge in [-0.1, -0.05) is 36.4 Å². The van der Waals surface area contributed by atoms with Crippen LogP contribution in [0.4, 0.5) is 0 Å². The lowest BCUT2D eigenvalue weighted by atomic mass is 10.1. The van der Waals surface area contributed by atoms with Gasteiger partial charge in [-0.05, 0) is 12.0 Å². The number of rotatable bonds is 8. The van der Waals surface area contributed by atoms with Crippen LogP contribution in [0.5, 0.6) is 0 Å². The molecule has 0 radical (unpaired) electrons. The van der Waals surface area contributed by atoms with Gasteiger partial charge in [-0.2, -0.15) is 0 Å². The van der Waals surface area contributed by atoms with Crippen LogP contribution in [0, 0.1) is 0 Å². The second kappa shape index (κ2) is 8.01. The summed E-state index contributed by atoms with van der Waals surface area (Å²) in [5.41, 5.74) is 0.940. The molecule has 3 heteroatoms. The minimum Gasteiger partial charge on any atom is -0.395 e. The first-order valence-corrected chi connectivity index (χ1v) is 5.95. The van der Waals surface area contributed by atoms with Crippen molar-refractivity contribution in [1.82, 2.24) is 4.90 Å². The van der Waals surface area contributed by atoms with Gasteiger partial charge in [0.1, 0.15) is 0 Å². The van der Waals surface area contributed by atoms with Crippen LogP contribution >= 0.6 is 0 Å². The summed E-state index contributed by atoms with van der Waals surface area (Å²) in [7, 11) is 0. The molecular formula is C14H21NO2. The smallest absolute Gasteiger partial charge is 0.0802 e. The molecule has 0 fully saturated rings. The minimum atomic E-state index is -0.442. The number of hydrogen-bond acceptors (Lipinski definition) is 3. The fraction of sp³-hybridized carbons (Fsp3) is 0.429. The Labute approximate surface area is 103 Å². The fourth-order valence-electron chi connectivity index (χ4n) is 1.77. The lowest BCUT2D eigenvalue weighted by Crippen LogP contribution is -2.29. The zero-order chi connectivity index (χ0) is 12.5. The molecule has 1 aromatic rings. The highest BCUT2D eigenvalue weighted by molar-refractivity contribution is 5.17. The minimum absolute atomic E-state index is 0.134. The monoisotopic (exact) mass is 235 g/mol. The van der Waals surface area contributed by atoms with E-state index < -0.39 is 6.10 Å². The normalized spacial score (nSPS) is 12.6. The first kappa shape index (κ1) is 13.9. The number of benzene rings is 1. The van der Waals surface area contributed by atoms with E-state index in [0.29, 0.717) is 13.0 Å². The maximum Gasteiger partial charge on any atom is 0.0802 e. The fourth-order valence-corrected chi connectivity index (χ4v) is 1.77. The van der Waals surface area contributed by atoms with Gasteiger partial charge in [-0.25, -0.2) is 0 Å². The summed E-state index contributed by atoms with van der Waals surface area (Å²) < 4.78 is 0. The van der Waals surface area contributed by atoms with Crippen molar-refractivity contribution in [3.63, 3.8) is 0 Å². The van der Waals surface area contributed by atoms with Crippen molar-refractivity contribution in [1.29, 1.82) is 0 Å². The topological polar surface area (TPSA) is 43.7 Å². The van der Waals surface area contributed by atoms with E-state index in [2.05, 4.69) is 11.5 Å². The van der Waals surface area contributed by atoms with Crippen molar-refractivity contribution in [2.45, 2.75) is 12.5 Å². The van der Waals surface area contributed by atoms with Crippen molar-refractivity contribution in [2.75, 3.05) is 26.2 Å². The first-order chi connectivity index (χ1) is 8.27. The van der Waals surface area contributed by atoms with E-state index in [1.165, 1.54) is 0 Å². The van der Waals surface area contributed by atoms with E-state index in [-0.39, 0.29) is 6.61 Å². The van der Waals surface area contributed by atoms with Crippen LogP contribution in [0.15, 0.2) is 43.0 Å². The average Bonchev–Trinajstić information content (AvgIpc) is 2.37. The highest BCUT2D eigenvalue weighted by atomic mass is 16.3. The van der Waals surface area contributed by atoms with Gasteiger partial charge in [0.05, 0.1) is 12.7 Å². The highest BCUT2D eigenvalue weighted by Gasteiger charge is 2.09. The number of nitrogens with zero attached hydrogens (tertiary/aromatic N) is 1. The second-order valence-corrected chi connectivity index (χ2v) is 4.03. The molecule has 0 saturated carbocycles. The SMILES string of the molecule is C=CCN(CCO)CC[C@@H](O)c1ccccc1. The van der Waals surface area contributed by atoms with Crippen LogP contribution in [-0.4, -0.2) is 41.4 Å². The van der Waals surface area contributed by atoms with Gasteiger partial charge in [0.25, 0.3) is 0 Å². The van der Waals surface area contributed by atoms with Crippen LogP contribution in [-0.2, 0) is 0 Å². The van der Waals surface area contributed by atoms with E-state index >= 15 is 0 Å². The predicted molar refractivity (Wildman–Crippen MR) is 69.7 cm³/mol. The molecule has 0 aliphatic rings. The summed E-state index contributed by atoms with van der Waals surface area (Å²) in [6, 6.07) is 9.64. The molecule has 1 aromatic carbocycles. The van der Waals surface area contributed by atoms with Crippen LogP contribution in [0.25, 0.3) is 0 Å². The molecule has 0 aromatic heterocycles. The zero-order valence-electron chi connectivity index (χ0n) is 10.1. The maximum absolute atomic E-state index is 9.99. The standard InChI is InChI=1S/C14H21NO2/c1-2-9-15(11-12-16)10-8-14(17)13-6-4-3-5-7-13/h2-7,14,16-17H,1,8-12H2/t14-/m1/s1. The van der Waals surface area contributed by atoms with Crippen LogP contribution in [0.1, 0.15) is 18.1 Å². The third kappa shape index (κ3) is 5.13. The van der Waals surface area contributed by atoms with Gasteiger partial charge in [0, 0.05) is 19.6 Å². The number of hydrogen-bond donors (Lipinski definition) is 2. The molecule has 2 N–H and O–H groups in total.